The van der Waals surface area contributed by atoms with E-state index >= 15 is 0 Å². The number of allylic oxidation sites excluding steroid dienone is 4. The number of rotatable bonds is 9. The Balaban J connectivity index is 2.37. The summed E-state index contributed by atoms with van der Waals surface area (Å²) in [6.45, 7) is 14.2. The lowest BCUT2D eigenvalue weighted by Gasteiger charge is -2.42. The largest absolute Gasteiger partial charge is 0.507 e. The van der Waals surface area contributed by atoms with E-state index < -0.39 is 6.09 Å². The van der Waals surface area contributed by atoms with E-state index in [2.05, 4.69) is 19.9 Å². The van der Waals surface area contributed by atoms with Crippen LogP contribution in [0.4, 0.5) is 4.79 Å². The summed E-state index contributed by atoms with van der Waals surface area (Å²) in [6.07, 6.45) is 7.42. The Kier molecular flexibility index (Phi) is 10.2. The number of nitrogens with zero attached hydrogens (tertiary/aromatic N) is 1. The molecule has 3 atom stereocenters. The molecule has 36 heavy (non-hydrogen) atoms. The molecular formula is C28H38ClNO6. The molecular weight excluding hydrogens is 482 g/mol. The Morgan fingerprint density at radius 1 is 1.28 bits per heavy atom. The molecule has 3 unspecified atom stereocenters. The Morgan fingerprint density at radius 2 is 1.92 bits per heavy atom. The summed E-state index contributed by atoms with van der Waals surface area (Å²) in [7, 11) is 0. The number of Topliss-reactive ketones (excluding diaryl/α,β-unsaturated/α-hetero) is 1. The number of aromatic hydroxyl groups is 1. The molecule has 1 N–H and O–H groups in total. The number of aldehydes is 1. The third-order valence-corrected chi connectivity index (χ3v) is 8.17. The highest BCUT2D eigenvalue weighted by molar-refractivity contribution is 6.33. The van der Waals surface area contributed by atoms with Crippen molar-refractivity contribution in [3.05, 3.63) is 45.5 Å². The van der Waals surface area contributed by atoms with Crippen LogP contribution in [0.3, 0.4) is 0 Å². The summed E-state index contributed by atoms with van der Waals surface area (Å²) < 4.78 is 0. The summed E-state index contributed by atoms with van der Waals surface area (Å²) in [6, 6.07) is 0. The third kappa shape index (κ3) is 6.12. The number of carbonyl (C=O) groups is 3. The molecule has 2 rings (SSSR count). The maximum Gasteiger partial charge on any atom is 0.452 e. The van der Waals surface area contributed by atoms with Crippen LogP contribution in [0.5, 0.6) is 11.5 Å². The van der Waals surface area contributed by atoms with Gasteiger partial charge in [0.2, 0.25) is 5.75 Å². The van der Waals surface area contributed by atoms with Gasteiger partial charge in [0.25, 0.3) is 0 Å². The second-order valence-electron chi connectivity index (χ2n) is 9.71. The number of phenols is 1. The molecule has 0 bridgehead atoms. The van der Waals surface area contributed by atoms with Gasteiger partial charge in [-0.1, -0.05) is 56.2 Å². The summed E-state index contributed by atoms with van der Waals surface area (Å²) in [5.41, 5.74) is 1.24. The fraction of sp³-hybridized carbons (Fsp3) is 0.536. The second-order valence-corrected chi connectivity index (χ2v) is 10.1. The molecule has 0 saturated heterocycles. The first-order valence-corrected chi connectivity index (χ1v) is 12.8. The first-order valence-electron chi connectivity index (χ1n) is 12.4. The van der Waals surface area contributed by atoms with Gasteiger partial charge in [-0.05, 0) is 57.4 Å². The summed E-state index contributed by atoms with van der Waals surface area (Å²) in [5, 5.41) is 10.9. The molecule has 0 spiro atoms. The van der Waals surface area contributed by atoms with Crippen molar-refractivity contribution in [1.29, 1.82) is 0 Å². The molecule has 1 aliphatic carbocycles. The quantitative estimate of drug-likeness (QED) is 0.170. The number of ketones is 1. The minimum absolute atomic E-state index is 0.0158. The van der Waals surface area contributed by atoms with Gasteiger partial charge in [-0.15, -0.1) is 0 Å². The van der Waals surface area contributed by atoms with E-state index in [0.717, 1.165) is 12.0 Å². The Hall–Kier alpha value is -2.80. The minimum atomic E-state index is -0.688. The fourth-order valence-electron chi connectivity index (χ4n) is 4.51. The summed E-state index contributed by atoms with van der Waals surface area (Å²) >= 11 is 6.46. The number of carbonyl (C=O) groups excluding carboxylic acids is 3. The maximum atomic E-state index is 12.3. The molecule has 1 aromatic rings. The number of halogens is 1. The second kappa shape index (κ2) is 12.4. The van der Waals surface area contributed by atoms with Gasteiger partial charge in [0.05, 0.1) is 10.6 Å². The highest BCUT2D eigenvalue weighted by Crippen LogP contribution is 2.45. The van der Waals surface area contributed by atoms with Gasteiger partial charge in [-0.3, -0.25) is 14.5 Å². The van der Waals surface area contributed by atoms with E-state index in [0.29, 0.717) is 37.3 Å². The average molecular weight is 520 g/mol. The van der Waals surface area contributed by atoms with Crippen LogP contribution in [0.1, 0.15) is 75.9 Å². The van der Waals surface area contributed by atoms with Crippen LogP contribution < -0.4 is 4.89 Å². The molecule has 7 nitrogen and oxygen atoms in total. The molecule has 8 heteroatoms. The number of phenolic OH excluding ortho intramolecular Hbond substituents is 1. The molecule has 0 heterocycles. The lowest BCUT2D eigenvalue weighted by atomic mass is 9.61. The molecule has 0 aliphatic heterocycles. The highest BCUT2D eigenvalue weighted by Gasteiger charge is 2.41. The monoisotopic (exact) mass is 519 g/mol. The van der Waals surface area contributed by atoms with Crippen LogP contribution in [0.2, 0.25) is 5.02 Å². The molecule has 1 saturated carbocycles. The maximum absolute atomic E-state index is 12.3. The van der Waals surface area contributed by atoms with Gasteiger partial charge in [0.1, 0.15) is 11.5 Å². The van der Waals surface area contributed by atoms with E-state index in [4.69, 9.17) is 21.4 Å². The zero-order valence-electron chi connectivity index (χ0n) is 22.3. The molecule has 1 aromatic carbocycles. The predicted octanol–water partition coefficient (Wildman–Crippen LogP) is 6.63. The molecule has 0 aromatic heterocycles. The number of benzene rings is 1. The number of hydrogen-bond donors (Lipinski definition) is 1. The van der Waals surface area contributed by atoms with Crippen molar-refractivity contribution in [2.45, 2.75) is 67.7 Å². The Bertz CT molecular complexity index is 1060. The lowest BCUT2D eigenvalue weighted by Crippen LogP contribution is -2.40. The lowest BCUT2D eigenvalue weighted by molar-refractivity contribution is -0.154. The van der Waals surface area contributed by atoms with Crippen LogP contribution in [-0.2, 0) is 16.1 Å². The molecule has 198 valence electrons. The van der Waals surface area contributed by atoms with Crippen molar-refractivity contribution in [3.63, 3.8) is 0 Å². The van der Waals surface area contributed by atoms with E-state index in [1.807, 2.05) is 39.8 Å². The van der Waals surface area contributed by atoms with Crippen LogP contribution in [-0.4, -0.2) is 41.3 Å². The van der Waals surface area contributed by atoms with Crippen molar-refractivity contribution in [1.82, 2.24) is 4.90 Å². The van der Waals surface area contributed by atoms with E-state index in [1.165, 1.54) is 4.90 Å². The van der Waals surface area contributed by atoms with Gasteiger partial charge in [-0.25, -0.2) is 9.68 Å². The predicted molar refractivity (Wildman–Crippen MR) is 141 cm³/mol. The van der Waals surface area contributed by atoms with E-state index in [-0.39, 0.29) is 51.2 Å². The van der Waals surface area contributed by atoms with Crippen molar-refractivity contribution in [2.75, 3.05) is 13.1 Å². The first kappa shape index (κ1) is 29.4. The fourth-order valence-corrected chi connectivity index (χ4v) is 4.76. The van der Waals surface area contributed by atoms with Crippen molar-refractivity contribution in [3.8, 4) is 11.5 Å². The molecule has 1 aliphatic rings. The van der Waals surface area contributed by atoms with Crippen molar-refractivity contribution >= 4 is 29.8 Å². The molecule has 1 amide bonds. The standard InChI is InChI=1S/C28H38ClNO6/c1-8-30(9-2)27(34)36-35-26-21(25(33)22(16-31)19(5)24(26)29)12-10-17(3)14-15-28(7)18(4)11-13-23(32)20(28)6/h10,14-16,18,20,33H,8-9,11-13H2,1-7H3/b15-14+,17-10+. The highest BCUT2D eigenvalue weighted by atomic mass is 35.5. The van der Waals surface area contributed by atoms with Crippen LogP contribution in [0, 0.1) is 24.2 Å². The minimum Gasteiger partial charge on any atom is -0.507 e. The van der Waals surface area contributed by atoms with Crippen LogP contribution in [0.15, 0.2) is 23.8 Å². The van der Waals surface area contributed by atoms with Gasteiger partial charge in [0, 0.05) is 31.0 Å². The Labute approximate surface area is 219 Å². The summed E-state index contributed by atoms with van der Waals surface area (Å²) in [5.74, 6) is 0.285. The van der Waals surface area contributed by atoms with Crippen molar-refractivity contribution in [2.24, 2.45) is 17.3 Å². The van der Waals surface area contributed by atoms with Crippen LogP contribution in [0.25, 0.3) is 0 Å². The van der Waals surface area contributed by atoms with Gasteiger partial charge >= 0.3 is 6.09 Å². The topological polar surface area (TPSA) is 93.1 Å². The zero-order chi connectivity index (χ0) is 27.2. The normalized spacial score (nSPS) is 22.6. The number of amides is 1. The van der Waals surface area contributed by atoms with Crippen molar-refractivity contribution < 1.29 is 29.3 Å². The summed E-state index contributed by atoms with van der Waals surface area (Å²) in [4.78, 5) is 48.0. The smallest absolute Gasteiger partial charge is 0.452 e. The molecule has 0 radical (unpaired) electrons. The van der Waals surface area contributed by atoms with E-state index in [1.54, 1.807) is 6.92 Å². The Morgan fingerprint density at radius 3 is 2.50 bits per heavy atom. The van der Waals surface area contributed by atoms with Gasteiger partial charge in [-0.2, -0.15) is 0 Å². The molecule has 1 fully saturated rings. The van der Waals surface area contributed by atoms with E-state index in [9.17, 15) is 19.5 Å². The average Bonchev–Trinajstić information content (AvgIpc) is 2.85. The number of hydrogen-bond acceptors (Lipinski definition) is 6. The third-order valence-electron chi connectivity index (χ3n) is 7.72. The van der Waals surface area contributed by atoms with Gasteiger partial charge in [0.15, 0.2) is 6.29 Å². The van der Waals surface area contributed by atoms with Gasteiger partial charge < -0.3 is 10.0 Å². The SMILES string of the molecule is CCN(CC)C(=O)OOc1c(Cl)c(C)c(C=O)c(O)c1C/C=C(C)/C=C/C1(C)C(C)CCC(=O)C1C. The first-order chi connectivity index (χ1) is 16.9. The van der Waals surface area contributed by atoms with Crippen LogP contribution >= 0.6 is 11.6 Å². The zero-order valence-corrected chi connectivity index (χ0v) is 23.1.